The second kappa shape index (κ2) is 6.61. The molecule has 0 spiro atoms. The van der Waals surface area contributed by atoms with Gasteiger partial charge in [0.2, 0.25) is 0 Å². The van der Waals surface area contributed by atoms with E-state index in [2.05, 4.69) is 0 Å². The molecule has 0 saturated carbocycles. The van der Waals surface area contributed by atoms with E-state index >= 15 is 0 Å². The predicted octanol–water partition coefficient (Wildman–Crippen LogP) is 2.42. The van der Waals surface area contributed by atoms with E-state index in [0.29, 0.717) is 17.2 Å². The molecule has 100 valence electrons. The van der Waals surface area contributed by atoms with Gasteiger partial charge in [-0.15, -0.1) is 0 Å². The molecular weight excluding hydrogens is 256 g/mol. The van der Waals surface area contributed by atoms with Gasteiger partial charge >= 0.3 is 5.97 Å². The van der Waals surface area contributed by atoms with Gasteiger partial charge in [0.25, 0.3) is 0 Å². The van der Waals surface area contributed by atoms with Gasteiger partial charge < -0.3 is 14.6 Å². The summed E-state index contributed by atoms with van der Waals surface area (Å²) >= 11 is 5.76. The van der Waals surface area contributed by atoms with E-state index in [9.17, 15) is 4.79 Å². The first kappa shape index (κ1) is 14.8. The standard InChI is InChI=1S/C13H17ClO4/c1-13(2,12(16)17-9-3-8-15)18-11-6-4-10(14)5-7-11/h4-7,15H,3,8-9H2,1-2H3. The fourth-order valence-electron chi connectivity index (χ4n) is 1.24. The molecule has 0 atom stereocenters. The number of aliphatic hydroxyl groups excluding tert-OH is 1. The Balaban J connectivity index is 2.57. The third kappa shape index (κ3) is 4.55. The molecule has 0 saturated heterocycles. The number of carbonyl (C=O) groups excluding carboxylic acids is 1. The summed E-state index contributed by atoms with van der Waals surface area (Å²) in [5, 5.41) is 9.21. The number of aliphatic hydroxyl groups is 1. The molecule has 0 bridgehead atoms. The number of hydrogen-bond acceptors (Lipinski definition) is 4. The first-order valence-corrected chi connectivity index (χ1v) is 6.06. The van der Waals surface area contributed by atoms with E-state index in [1.54, 1.807) is 38.1 Å². The molecule has 0 aromatic heterocycles. The van der Waals surface area contributed by atoms with Crippen LogP contribution in [0.3, 0.4) is 0 Å². The van der Waals surface area contributed by atoms with Crippen molar-refractivity contribution in [1.29, 1.82) is 0 Å². The Hall–Kier alpha value is -1.26. The first-order valence-electron chi connectivity index (χ1n) is 5.68. The minimum absolute atomic E-state index is 0.00818. The Morgan fingerprint density at radius 2 is 1.94 bits per heavy atom. The summed E-state index contributed by atoms with van der Waals surface area (Å²) in [7, 11) is 0. The van der Waals surface area contributed by atoms with Crippen LogP contribution in [-0.4, -0.2) is 29.9 Å². The van der Waals surface area contributed by atoms with Crippen molar-refractivity contribution in [3.8, 4) is 5.75 Å². The van der Waals surface area contributed by atoms with Crippen molar-refractivity contribution in [1.82, 2.24) is 0 Å². The Kier molecular flexibility index (Phi) is 5.44. The van der Waals surface area contributed by atoms with Crippen molar-refractivity contribution >= 4 is 17.6 Å². The summed E-state index contributed by atoms with van der Waals surface area (Å²) in [5.74, 6) is 0.0782. The third-order valence-corrected chi connectivity index (χ3v) is 2.47. The lowest BCUT2D eigenvalue weighted by Gasteiger charge is -2.24. The molecule has 1 aromatic rings. The van der Waals surface area contributed by atoms with Gasteiger partial charge in [-0.1, -0.05) is 11.6 Å². The molecule has 0 aliphatic rings. The van der Waals surface area contributed by atoms with Crippen molar-refractivity contribution in [2.24, 2.45) is 0 Å². The van der Waals surface area contributed by atoms with Crippen LogP contribution in [0.1, 0.15) is 20.3 Å². The highest BCUT2D eigenvalue weighted by Crippen LogP contribution is 2.21. The number of hydrogen-bond donors (Lipinski definition) is 1. The molecule has 0 radical (unpaired) electrons. The second-order valence-electron chi connectivity index (χ2n) is 4.28. The van der Waals surface area contributed by atoms with Crippen molar-refractivity contribution < 1.29 is 19.4 Å². The Morgan fingerprint density at radius 3 is 2.50 bits per heavy atom. The number of rotatable bonds is 6. The molecule has 0 aliphatic heterocycles. The fraction of sp³-hybridized carbons (Fsp3) is 0.462. The number of benzene rings is 1. The topological polar surface area (TPSA) is 55.8 Å². The van der Waals surface area contributed by atoms with E-state index in [-0.39, 0.29) is 13.2 Å². The highest BCUT2D eigenvalue weighted by molar-refractivity contribution is 6.30. The summed E-state index contributed by atoms with van der Waals surface area (Å²) in [6.45, 7) is 3.43. The lowest BCUT2D eigenvalue weighted by Crippen LogP contribution is -2.39. The van der Waals surface area contributed by atoms with Crippen LogP contribution in [0, 0.1) is 0 Å². The SMILES string of the molecule is CC(C)(Oc1ccc(Cl)cc1)C(=O)OCCCO. The van der Waals surface area contributed by atoms with Crippen LogP contribution in [0.25, 0.3) is 0 Å². The molecular formula is C13H17ClO4. The van der Waals surface area contributed by atoms with E-state index < -0.39 is 11.6 Å². The quantitative estimate of drug-likeness (QED) is 0.638. The second-order valence-corrected chi connectivity index (χ2v) is 4.72. The maximum atomic E-state index is 11.8. The maximum absolute atomic E-state index is 11.8. The van der Waals surface area contributed by atoms with E-state index in [1.165, 1.54) is 0 Å². The predicted molar refractivity (Wildman–Crippen MR) is 68.8 cm³/mol. The van der Waals surface area contributed by atoms with Crippen molar-refractivity contribution in [2.45, 2.75) is 25.9 Å². The van der Waals surface area contributed by atoms with Crippen molar-refractivity contribution in [2.75, 3.05) is 13.2 Å². The average molecular weight is 273 g/mol. The summed E-state index contributed by atoms with van der Waals surface area (Å²) < 4.78 is 10.5. The average Bonchev–Trinajstić information content (AvgIpc) is 2.32. The molecule has 0 heterocycles. The van der Waals surface area contributed by atoms with Crippen LogP contribution in [0.5, 0.6) is 5.75 Å². The van der Waals surface area contributed by atoms with Gasteiger partial charge in [-0.3, -0.25) is 0 Å². The molecule has 0 fully saturated rings. The lowest BCUT2D eigenvalue weighted by molar-refractivity contribution is -0.159. The maximum Gasteiger partial charge on any atom is 0.349 e. The van der Waals surface area contributed by atoms with Gasteiger partial charge in [0.15, 0.2) is 5.60 Å². The van der Waals surface area contributed by atoms with Crippen LogP contribution in [0.15, 0.2) is 24.3 Å². The highest BCUT2D eigenvalue weighted by Gasteiger charge is 2.31. The zero-order valence-corrected chi connectivity index (χ0v) is 11.2. The smallest absolute Gasteiger partial charge is 0.349 e. The largest absolute Gasteiger partial charge is 0.476 e. The fourth-order valence-corrected chi connectivity index (χ4v) is 1.37. The summed E-state index contributed by atoms with van der Waals surface area (Å²) in [6.07, 6.45) is 0.419. The third-order valence-electron chi connectivity index (χ3n) is 2.21. The summed E-state index contributed by atoms with van der Waals surface area (Å²) in [4.78, 5) is 11.8. The Morgan fingerprint density at radius 1 is 1.33 bits per heavy atom. The van der Waals surface area contributed by atoms with Crippen LogP contribution >= 0.6 is 11.6 Å². The summed E-state index contributed by atoms with van der Waals surface area (Å²) in [6, 6.07) is 6.74. The Labute approximate surface area is 111 Å². The van der Waals surface area contributed by atoms with Gasteiger partial charge in [-0.05, 0) is 38.1 Å². The minimum Gasteiger partial charge on any atom is -0.476 e. The van der Waals surface area contributed by atoms with Crippen LogP contribution < -0.4 is 4.74 Å². The molecule has 1 N–H and O–H groups in total. The molecule has 0 amide bonds. The van der Waals surface area contributed by atoms with Gasteiger partial charge in [-0.25, -0.2) is 4.79 Å². The van der Waals surface area contributed by atoms with Gasteiger partial charge in [-0.2, -0.15) is 0 Å². The molecule has 0 unspecified atom stereocenters. The van der Waals surface area contributed by atoms with E-state index in [4.69, 9.17) is 26.2 Å². The van der Waals surface area contributed by atoms with E-state index in [0.717, 1.165) is 0 Å². The van der Waals surface area contributed by atoms with Crippen LogP contribution in [0.2, 0.25) is 5.02 Å². The molecule has 0 aliphatic carbocycles. The van der Waals surface area contributed by atoms with Gasteiger partial charge in [0, 0.05) is 18.1 Å². The number of carbonyl (C=O) groups is 1. The molecule has 4 nitrogen and oxygen atoms in total. The lowest BCUT2D eigenvalue weighted by atomic mass is 10.1. The Bertz CT molecular complexity index is 386. The van der Waals surface area contributed by atoms with Crippen LogP contribution in [0.4, 0.5) is 0 Å². The number of ether oxygens (including phenoxy) is 2. The molecule has 1 rings (SSSR count). The van der Waals surface area contributed by atoms with Crippen molar-refractivity contribution in [3.63, 3.8) is 0 Å². The molecule has 18 heavy (non-hydrogen) atoms. The zero-order valence-electron chi connectivity index (χ0n) is 10.5. The van der Waals surface area contributed by atoms with Gasteiger partial charge in [0.05, 0.1) is 6.61 Å². The number of esters is 1. The first-order chi connectivity index (χ1) is 8.45. The molecule has 5 heteroatoms. The summed E-state index contributed by atoms with van der Waals surface area (Å²) in [5.41, 5.74) is -1.08. The van der Waals surface area contributed by atoms with E-state index in [1.807, 2.05) is 0 Å². The normalized spacial score (nSPS) is 11.1. The number of halogens is 1. The highest BCUT2D eigenvalue weighted by atomic mass is 35.5. The minimum atomic E-state index is -1.08. The van der Waals surface area contributed by atoms with Crippen LogP contribution in [-0.2, 0) is 9.53 Å². The monoisotopic (exact) mass is 272 g/mol. The molecule has 1 aromatic carbocycles. The zero-order chi connectivity index (χ0) is 13.6. The van der Waals surface area contributed by atoms with Gasteiger partial charge in [0.1, 0.15) is 5.75 Å². The van der Waals surface area contributed by atoms with Crippen molar-refractivity contribution in [3.05, 3.63) is 29.3 Å².